The van der Waals surface area contributed by atoms with Gasteiger partial charge in [-0.3, -0.25) is 52.7 Å². The van der Waals surface area contributed by atoms with Crippen molar-refractivity contribution in [2.24, 2.45) is 0 Å². The van der Waals surface area contributed by atoms with Crippen molar-refractivity contribution >= 4 is 47.4 Å². The number of carbonyl (C=O) groups is 8. The quantitative estimate of drug-likeness (QED) is 0.0241. The Kier molecular flexibility index (Phi) is 24.7. The van der Waals surface area contributed by atoms with Crippen molar-refractivity contribution < 1.29 is 86.1 Å². The minimum atomic E-state index is -1.74. The van der Waals surface area contributed by atoms with Gasteiger partial charge in [0.15, 0.2) is 24.2 Å². The molecule has 3 heterocycles. The molecule has 466 valence electrons. The summed E-state index contributed by atoms with van der Waals surface area (Å²) in [5.41, 5.74) is -2.46. The fourth-order valence-electron chi connectivity index (χ4n) is 10.7. The molecule has 24 nitrogen and oxygen atoms in total. The summed E-state index contributed by atoms with van der Waals surface area (Å²) < 4.78 is 54.4. The number of nitrogens with zero attached hydrogens (tertiary/aromatic N) is 2. The number of H-pyrrole nitrogens is 1. The van der Waals surface area contributed by atoms with Crippen molar-refractivity contribution in [2.45, 2.75) is 160 Å². The monoisotopic (exact) mass is 1200 g/mol. The zero-order chi connectivity index (χ0) is 62.6. The highest BCUT2D eigenvalue weighted by Crippen LogP contribution is 2.43. The molecule has 2 saturated heterocycles. The molecule has 0 bridgehead atoms. The Morgan fingerprint density at radius 2 is 1.24 bits per heavy atom. The van der Waals surface area contributed by atoms with E-state index in [1.54, 1.807) is 38.5 Å². The van der Waals surface area contributed by atoms with Crippen LogP contribution in [0.15, 0.2) is 94.6 Å². The number of amides is 2. The Morgan fingerprint density at radius 1 is 0.686 bits per heavy atom. The lowest BCUT2D eigenvalue weighted by Crippen LogP contribution is -2.67. The maximum Gasteiger partial charge on any atom is 0.330 e. The molecule has 1 aromatic heterocycles. The lowest BCUT2D eigenvalue weighted by Gasteiger charge is -2.47. The summed E-state index contributed by atoms with van der Waals surface area (Å²) in [6.45, 7) is 4.42. The number of hydrogen-bond acceptors (Lipinski definition) is 19. The minimum absolute atomic E-state index is 0.0345. The van der Waals surface area contributed by atoms with Crippen molar-refractivity contribution in [3.8, 4) is 11.5 Å². The number of carboxylic acids is 1. The Bertz CT molecular complexity index is 3040. The lowest BCUT2D eigenvalue weighted by atomic mass is 9.79. The summed E-state index contributed by atoms with van der Waals surface area (Å²) in [5.74, 6) is -4.39. The zero-order valence-corrected chi connectivity index (χ0v) is 49.7. The average molecular weight is 1200 g/mol. The number of Topliss-reactive ketones (excluding diaryl/α,β-unsaturated/α-hetero) is 1. The van der Waals surface area contributed by atoms with Gasteiger partial charge in [-0.2, -0.15) is 0 Å². The third-order valence-corrected chi connectivity index (χ3v) is 14.8. The van der Waals surface area contributed by atoms with E-state index in [1.165, 1.54) is 36.4 Å². The maximum atomic E-state index is 14.6. The average Bonchev–Trinajstić information content (AvgIpc) is 0.836. The number of ether oxygens (including phenoxy) is 9. The predicted octanol–water partition coefficient (Wildman–Crippen LogP) is 5.54. The van der Waals surface area contributed by atoms with Crippen LogP contribution in [0.4, 0.5) is 0 Å². The molecule has 0 unspecified atom stereocenters. The molecular weight excluding hydrogens is 1120 g/mol. The normalized spacial score (nSPS) is 20.2. The number of unbranched alkanes of at least 4 members (excludes halogenated alkanes) is 7. The Labute approximate surface area is 498 Å². The van der Waals surface area contributed by atoms with Crippen LogP contribution in [0.1, 0.15) is 133 Å². The summed E-state index contributed by atoms with van der Waals surface area (Å²) in [7, 11) is 3.10. The molecule has 0 radical (unpaired) electrons. The van der Waals surface area contributed by atoms with Gasteiger partial charge in [-0.1, -0.05) is 93.1 Å². The van der Waals surface area contributed by atoms with Gasteiger partial charge in [0.2, 0.25) is 11.8 Å². The number of ketones is 1. The van der Waals surface area contributed by atoms with Gasteiger partial charge in [-0.15, -0.1) is 0 Å². The SMILES string of the molecule is COc1ccc(C(OC[C@]2(COC(=O)CCC(=O)O)CN(C(=O)CCCCCCCCCCC(=O)[C@@H]3O[C@H](COC(C)=O)[C@H](OC(C)=O)[C@H](OC(C)=O)[C@H]3NC(C)=O)C[C@H](n3cc(C)c(=O)[nH]c3=O)O2)(c2ccccc2)c2ccc(OC)cc2)cc1. The Morgan fingerprint density at radius 3 is 1.79 bits per heavy atom. The molecule has 24 heteroatoms. The van der Waals surface area contributed by atoms with E-state index in [0.29, 0.717) is 53.9 Å². The molecule has 0 aliphatic carbocycles. The molecule has 2 fully saturated rings. The van der Waals surface area contributed by atoms with Crippen LogP contribution in [0, 0.1) is 6.92 Å². The maximum absolute atomic E-state index is 14.6. The number of carbonyl (C=O) groups excluding carboxylic acids is 7. The van der Waals surface area contributed by atoms with E-state index in [1.807, 2.05) is 54.6 Å². The van der Waals surface area contributed by atoms with E-state index in [9.17, 15) is 53.1 Å². The molecule has 3 N–H and O–H groups in total. The number of hydrogen-bond donors (Lipinski definition) is 3. The lowest BCUT2D eigenvalue weighted by molar-refractivity contribution is -0.234. The van der Waals surface area contributed by atoms with E-state index in [0.717, 1.165) is 39.5 Å². The molecule has 2 aliphatic heterocycles. The first kappa shape index (κ1) is 66.9. The van der Waals surface area contributed by atoms with Gasteiger partial charge in [-0.05, 0) is 60.7 Å². The summed E-state index contributed by atoms with van der Waals surface area (Å²) in [5, 5.41) is 12.0. The van der Waals surface area contributed by atoms with Gasteiger partial charge in [0.05, 0.1) is 46.8 Å². The Hall–Kier alpha value is -8.22. The molecule has 4 aromatic rings. The standard InChI is InChI=1S/C62H78N4O20/c1-39-33-66(60(77)64-59(39)76)52-34-65(51(72)22-18-13-11-9-8-10-12-17-21-49(71)56-55(63-40(2)67)58(84-43(5)70)57(83-42(4)69)50(85-56)35-80-41(3)68)36-61(86-52,37-81-54(75)32-31-53(73)74)38-82-62(44-19-15-14-16-20-44,45-23-27-47(78-6)28-24-45)46-25-29-48(79-7)30-26-46/h14-16,19-20,23-30,33,50,52,55-58H,8-13,17-18,21-22,31-32,34-38H2,1-7H3,(H,63,67)(H,73,74)(H,64,76,77)/t50-,52-,55+,56+,57+,58-,61-/m1/s1. The van der Waals surface area contributed by atoms with Crippen molar-refractivity contribution in [3.05, 3.63) is 128 Å². The number of aliphatic carboxylic acids is 1. The van der Waals surface area contributed by atoms with Gasteiger partial charge < -0.3 is 58.0 Å². The van der Waals surface area contributed by atoms with Crippen LogP contribution in [0.2, 0.25) is 0 Å². The number of nitrogens with one attached hydrogen (secondary N) is 2. The number of carboxylic acid groups (broad SMARTS) is 1. The van der Waals surface area contributed by atoms with Crippen molar-refractivity contribution in [1.82, 2.24) is 19.8 Å². The second-order valence-electron chi connectivity index (χ2n) is 21.4. The number of methoxy groups -OCH3 is 2. The van der Waals surface area contributed by atoms with Gasteiger partial charge in [-0.25, -0.2) is 4.79 Å². The summed E-state index contributed by atoms with van der Waals surface area (Å²) in [6, 6.07) is 22.7. The number of aromatic nitrogens is 2. The molecule has 0 spiro atoms. The second kappa shape index (κ2) is 31.8. The molecule has 0 saturated carbocycles. The summed E-state index contributed by atoms with van der Waals surface area (Å²) in [6.07, 6.45) is -0.554. The van der Waals surface area contributed by atoms with Crippen LogP contribution in [0.5, 0.6) is 11.5 Å². The second-order valence-corrected chi connectivity index (χ2v) is 21.4. The summed E-state index contributed by atoms with van der Waals surface area (Å²) in [4.78, 5) is 132. The van der Waals surface area contributed by atoms with Crippen molar-refractivity contribution in [1.29, 1.82) is 0 Å². The van der Waals surface area contributed by atoms with Crippen LogP contribution in [-0.4, -0.2) is 150 Å². The molecule has 2 amide bonds. The first-order chi connectivity index (χ1) is 41.1. The number of benzene rings is 3. The fourth-order valence-corrected chi connectivity index (χ4v) is 10.7. The smallest absolute Gasteiger partial charge is 0.330 e. The largest absolute Gasteiger partial charge is 0.497 e. The van der Waals surface area contributed by atoms with Crippen LogP contribution < -0.4 is 26.0 Å². The third-order valence-electron chi connectivity index (χ3n) is 14.8. The topological polar surface area (TPSA) is 310 Å². The van der Waals surface area contributed by atoms with Crippen LogP contribution >= 0.6 is 0 Å². The van der Waals surface area contributed by atoms with E-state index in [2.05, 4.69) is 10.3 Å². The highest BCUT2D eigenvalue weighted by Gasteiger charge is 2.53. The van der Waals surface area contributed by atoms with Crippen LogP contribution in [0.25, 0.3) is 0 Å². The molecule has 86 heavy (non-hydrogen) atoms. The number of aromatic amines is 1. The fraction of sp³-hybridized carbons (Fsp3) is 0.516. The highest BCUT2D eigenvalue weighted by molar-refractivity contribution is 5.85. The van der Waals surface area contributed by atoms with E-state index in [4.69, 9.17) is 42.6 Å². The molecule has 6 rings (SSSR count). The van der Waals surface area contributed by atoms with Gasteiger partial charge in [0.25, 0.3) is 5.56 Å². The van der Waals surface area contributed by atoms with E-state index in [-0.39, 0.29) is 37.4 Å². The molecule has 7 atom stereocenters. The molecular formula is C62H78N4O20. The molecule has 2 aliphatic rings. The van der Waals surface area contributed by atoms with Gasteiger partial charge in [0.1, 0.15) is 54.2 Å². The number of aryl methyl sites for hydroxylation is 1. The number of rotatable bonds is 31. The summed E-state index contributed by atoms with van der Waals surface area (Å²) >= 11 is 0. The first-order valence-corrected chi connectivity index (χ1v) is 28.6. The Balaban J connectivity index is 1.17. The van der Waals surface area contributed by atoms with Crippen molar-refractivity contribution in [3.63, 3.8) is 0 Å². The predicted molar refractivity (Wildman–Crippen MR) is 307 cm³/mol. The number of morpholine rings is 1. The zero-order valence-electron chi connectivity index (χ0n) is 49.7. The van der Waals surface area contributed by atoms with Crippen LogP contribution in [0.3, 0.4) is 0 Å². The van der Waals surface area contributed by atoms with Gasteiger partial charge in [0, 0.05) is 52.3 Å². The van der Waals surface area contributed by atoms with Crippen LogP contribution in [-0.2, 0) is 77.1 Å². The van der Waals surface area contributed by atoms with Crippen molar-refractivity contribution in [2.75, 3.05) is 47.1 Å². The highest BCUT2D eigenvalue weighted by atomic mass is 16.6. The third kappa shape index (κ3) is 18.4. The molecule has 3 aromatic carbocycles. The van der Waals surface area contributed by atoms with Gasteiger partial charge >= 0.3 is 35.5 Å². The van der Waals surface area contributed by atoms with E-state index >= 15 is 0 Å². The van der Waals surface area contributed by atoms with E-state index < -0.39 is 133 Å². The number of esters is 4. The first-order valence-electron chi connectivity index (χ1n) is 28.6. The minimum Gasteiger partial charge on any atom is -0.497 e.